The minimum atomic E-state index is 0.194. The molecule has 0 amide bonds. The molecule has 0 radical (unpaired) electrons. The molecular weight excluding hydrogens is 295 g/mol. The smallest absolute Gasteiger partial charge is 0.0967 e. The molecular formula is C16H32Cl2O2. The van der Waals surface area contributed by atoms with Crippen molar-refractivity contribution in [3.63, 3.8) is 0 Å². The van der Waals surface area contributed by atoms with Gasteiger partial charge in [0.25, 0.3) is 0 Å². The molecule has 1 saturated carbocycles. The van der Waals surface area contributed by atoms with Crippen LogP contribution in [0.25, 0.3) is 0 Å². The fourth-order valence-corrected chi connectivity index (χ4v) is 2.26. The van der Waals surface area contributed by atoms with Gasteiger partial charge in [-0.1, -0.05) is 38.5 Å². The van der Waals surface area contributed by atoms with Crippen LogP contribution in [0.2, 0.25) is 0 Å². The highest BCUT2D eigenvalue weighted by atomic mass is 35.5. The first-order valence-corrected chi connectivity index (χ1v) is 9.26. The number of rotatable bonds is 0. The zero-order valence-corrected chi connectivity index (χ0v) is 14.4. The molecule has 2 nitrogen and oxygen atoms in total. The number of alkyl halides is 2. The molecule has 0 N–H and O–H groups in total. The molecule has 4 heteroatoms. The van der Waals surface area contributed by atoms with Crippen LogP contribution in [-0.4, -0.2) is 31.8 Å². The van der Waals surface area contributed by atoms with E-state index in [2.05, 4.69) is 0 Å². The predicted octanol–water partition coefficient (Wildman–Crippen LogP) is 5.75. The summed E-state index contributed by atoms with van der Waals surface area (Å²) in [7, 11) is 0. The van der Waals surface area contributed by atoms with Gasteiger partial charge in [0.2, 0.25) is 0 Å². The predicted molar refractivity (Wildman–Crippen MR) is 89.0 cm³/mol. The van der Waals surface area contributed by atoms with Gasteiger partial charge >= 0.3 is 0 Å². The van der Waals surface area contributed by atoms with Gasteiger partial charge in [0.15, 0.2) is 0 Å². The summed E-state index contributed by atoms with van der Waals surface area (Å²) in [6.45, 7) is 4.00. The highest BCUT2D eigenvalue weighted by molar-refractivity contribution is 6.40. The van der Waals surface area contributed by atoms with Crippen LogP contribution >= 0.6 is 23.2 Å². The van der Waals surface area contributed by atoms with Gasteiger partial charge in [0.1, 0.15) is 0 Å². The molecule has 3 rings (SSSR count). The van der Waals surface area contributed by atoms with Crippen molar-refractivity contribution in [3.05, 3.63) is 0 Å². The van der Waals surface area contributed by atoms with Crippen molar-refractivity contribution >= 4 is 23.2 Å². The molecule has 0 bridgehead atoms. The van der Waals surface area contributed by atoms with Crippen molar-refractivity contribution in [2.75, 3.05) is 31.8 Å². The Morgan fingerprint density at radius 2 is 0.650 bits per heavy atom. The summed E-state index contributed by atoms with van der Waals surface area (Å²) in [5.74, 6) is 0. The van der Waals surface area contributed by atoms with Crippen LogP contribution in [0.1, 0.15) is 70.6 Å². The minimum Gasteiger partial charge on any atom is -0.381 e. The second kappa shape index (κ2) is 19.5. The molecule has 0 aromatic carbocycles. The Morgan fingerprint density at radius 3 is 0.800 bits per heavy atom. The van der Waals surface area contributed by atoms with Gasteiger partial charge in [-0.25, -0.2) is 0 Å². The third-order valence-electron chi connectivity index (χ3n) is 3.40. The lowest BCUT2D eigenvalue weighted by atomic mass is 10.0. The van der Waals surface area contributed by atoms with Gasteiger partial charge in [0, 0.05) is 26.4 Å². The number of halogens is 2. The second-order valence-electron chi connectivity index (χ2n) is 5.21. The fraction of sp³-hybridized carbons (Fsp3) is 1.00. The lowest BCUT2D eigenvalue weighted by molar-refractivity contribution is 0.0968. The van der Waals surface area contributed by atoms with Crippen molar-refractivity contribution in [2.24, 2.45) is 0 Å². The van der Waals surface area contributed by atoms with Crippen LogP contribution in [0.5, 0.6) is 0 Å². The van der Waals surface area contributed by atoms with Crippen molar-refractivity contribution in [1.82, 2.24) is 0 Å². The van der Waals surface area contributed by atoms with E-state index >= 15 is 0 Å². The van der Waals surface area contributed by atoms with Crippen molar-refractivity contribution in [1.29, 1.82) is 0 Å². The summed E-state index contributed by atoms with van der Waals surface area (Å²) < 4.78 is 10.0. The molecule has 0 aromatic rings. The Labute approximate surface area is 135 Å². The Kier molecular flexibility index (Phi) is 20.0. The maximum Gasteiger partial charge on any atom is 0.0967 e. The van der Waals surface area contributed by atoms with E-state index in [9.17, 15) is 0 Å². The zero-order chi connectivity index (χ0) is 14.7. The minimum absolute atomic E-state index is 0.194. The summed E-state index contributed by atoms with van der Waals surface area (Å²) in [4.78, 5) is 0. The SMILES string of the molecule is C1CCCCC1.C1CCOC1.C1CCOCC1.ClCCl. The summed E-state index contributed by atoms with van der Waals surface area (Å²) >= 11 is 9.53. The average Bonchev–Trinajstić information content (AvgIpc) is 3.12. The van der Waals surface area contributed by atoms with E-state index in [-0.39, 0.29) is 5.34 Å². The third-order valence-corrected chi connectivity index (χ3v) is 3.40. The first kappa shape index (κ1) is 20.5. The van der Waals surface area contributed by atoms with Crippen LogP contribution in [0, 0.1) is 0 Å². The van der Waals surface area contributed by atoms with E-state index in [1.165, 1.54) is 70.6 Å². The standard InChI is InChI=1S/C6H12.C5H10O.C4H8O.CH2Cl2/c2*1-2-4-6-5-3-1;1-2-4-5-3-1;2-1-3/h1-6H2;1-5H2;1-4H2;1H2. The molecule has 2 heterocycles. The van der Waals surface area contributed by atoms with E-state index in [1.807, 2.05) is 0 Å². The van der Waals surface area contributed by atoms with E-state index in [4.69, 9.17) is 32.7 Å². The molecule has 0 spiro atoms. The maximum atomic E-state index is 5.07. The molecule has 122 valence electrons. The second-order valence-corrected chi connectivity index (χ2v) is 6.02. The Bertz CT molecular complexity index is 114. The first-order valence-electron chi connectivity index (χ1n) is 8.19. The lowest BCUT2D eigenvalue weighted by Gasteiger charge is -2.08. The third kappa shape index (κ3) is 18.5. The van der Waals surface area contributed by atoms with Crippen LogP contribution in [-0.2, 0) is 9.47 Å². The van der Waals surface area contributed by atoms with E-state index in [0.717, 1.165) is 26.4 Å². The quantitative estimate of drug-likeness (QED) is 0.528. The molecule has 0 atom stereocenters. The number of ether oxygens (including phenoxy) is 2. The molecule has 3 aliphatic rings. The Balaban J connectivity index is 0.000000249. The van der Waals surface area contributed by atoms with Crippen molar-refractivity contribution < 1.29 is 9.47 Å². The van der Waals surface area contributed by atoms with Crippen LogP contribution in [0.15, 0.2) is 0 Å². The van der Waals surface area contributed by atoms with E-state index < -0.39 is 0 Å². The number of hydrogen-bond acceptors (Lipinski definition) is 2. The normalized spacial score (nSPS) is 21.3. The molecule has 0 unspecified atom stereocenters. The largest absolute Gasteiger partial charge is 0.381 e. The van der Waals surface area contributed by atoms with Gasteiger partial charge < -0.3 is 9.47 Å². The van der Waals surface area contributed by atoms with Crippen LogP contribution in [0.3, 0.4) is 0 Å². The number of hydrogen-bond donors (Lipinski definition) is 0. The van der Waals surface area contributed by atoms with E-state index in [1.54, 1.807) is 0 Å². The van der Waals surface area contributed by atoms with Gasteiger partial charge in [-0.2, -0.15) is 0 Å². The van der Waals surface area contributed by atoms with Crippen molar-refractivity contribution in [3.8, 4) is 0 Å². The van der Waals surface area contributed by atoms with E-state index in [0.29, 0.717) is 0 Å². The first-order chi connectivity index (χ1) is 9.91. The average molecular weight is 327 g/mol. The molecule has 3 fully saturated rings. The zero-order valence-electron chi connectivity index (χ0n) is 12.9. The fourth-order valence-electron chi connectivity index (χ4n) is 2.26. The maximum absolute atomic E-state index is 5.07. The van der Waals surface area contributed by atoms with Gasteiger partial charge in [0.05, 0.1) is 5.34 Å². The highest BCUT2D eigenvalue weighted by Crippen LogP contribution is 2.15. The van der Waals surface area contributed by atoms with Crippen LogP contribution in [0.4, 0.5) is 0 Å². The van der Waals surface area contributed by atoms with Gasteiger partial charge in [-0.15, -0.1) is 23.2 Å². The molecule has 0 aromatic heterocycles. The summed E-state index contributed by atoms with van der Waals surface area (Å²) in [5.41, 5.74) is 0. The molecule has 20 heavy (non-hydrogen) atoms. The van der Waals surface area contributed by atoms with Gasteiger partial charge in [-0.3, -0.25) is 0 Å². The highest BCUT2D eigenvalue weighted by Gasteiger charge is 1.96. The summed E-state index contributed by atoms with van der Waals surface area (Å²) in [6.07, 6.45) is 15.5. The summed E-state index contributed by atoms with van der Waals surface area (Å²) in [6, 6.07) is 0. The lowest BCUT2D eigenvalue weighted by Crippen LogP contribution is -2.03. The van der Waals surface area contributed by atoms with Gasteiger partial charge in [-0.05, 0) is 32.1 Å². The molecule has 2 saturated heterocycles. The molecule has 1 aliphatic carbocycles. The Morgan fingerprint density at radius 1 is 0.450 bits per heavy atom. The topological polar surface area (TPSA) is 18.5 Å². The van der Waals surface area contributed by atoms with Crippen molar-refractivity contribution in [2.45, 2.75) is 70.6 Å². The Hall–Kier alpha value is 0.500. The summed E-state index contributed by atoms with van der Waals surface area (Å²) in [5, 5.41) is 0.194. The monoisotopic (exact) mass is 326 g/mol. The molecule has 2 aliphatic heterocycles. The van der Waals surface area contributed by atoms with Crippen LogP contribution < -0.4 is 0 Å².